The Morgan fingerprint density at radius 3 is 2.54 bits per heavy atom. The predicted octanol–water partition coefficient (Wildman–Crippen LogP) is 4.63. The molecule has 3 aliphatic rings. The molecule has 1 saturated carbocycles. The van der Waals surface area contributed by atoms with Crippen molar-refractivity contribution in [1.82, 2.24) is 9.80 Å². The minimum atomic E-state index is -0.791. The molecule has 4 rings (SSSR count). The molecule has 35 heavy (non-hydrogen) atoms. The van der Waals surface area contributed by atoms with E-state index in [1.807, 2.05) is 0 Å². The van der Waals surface area contributed by atoms with Gasteiger partial charge in [0.15, 0.2) is 0 Å². The third kappa shape index (κ3) is 6.25. The molecule has 0 radical (unpaired) electrons. The Hall–Kier alpha value is -1.95. The van der Waals surface area contributed by atoms with Crippen molar-refractivity contribution in [1.29, 1.82) is 0 Å². The maximum atomic E-state index is 11.8. The highest BCUT2D eigenvalue weighted by Gasteiger charge is 2.52. The average molecular weight is 481 g/mol. The van der Waals surface area contributed by atoms with Gasteiger partial charge in [0.1, 0.15) is 6.10 Å². The number of hydrogen-bond donors (Lipinski definition) is 1. The predicted molar refractivity (Wildman–Crippen MR) is 142 cm³/mol. The molecule has 0 bridgehead atoms. The van der Waals surface area contributed by atoms with Crippen LogP contribution in [0.5, 0.6) is 0 Å². The highest BCUT2D eigenvalue weighted by molar-refractivity contribution is 5.66. The normalized spacial score (nSPS) is 33.2. The van der Waals surface area contributed by atoms with Crippen molar-refractivity contribution in [3.05, 3.63) is 53.6 Å². The van der Waals surface area contributed by atoms with Crippen molar-refractivity contribution in [2.45, 2.75) is 58.7 Å². The highest BCUT2D eigenvalue weighted by atomic mass is 16.5. The minimum Gasteiger partial charge on any atom is -0.458 e. The topological polar surface area (TPSA) is 53.0 Å². The van der Waals surface area contributed by atoms with Crippen LogP contribution in [0.2, 0.25) is 0 Å². The van der Waals surface area contributed by atoms with E-state index in [-0.39, 0.29) is 23.9 Å². The molecule has 192 valence electrons. The molecule has 1 N–H and O–H groups in total. The lowest BCUT2D eigenvalue weighted by Crippen LogP contribution is -2.56. The molecule has 0 aromatic heterocycles. The van der Waals surface area contributed by atoms with Gasteiger partial charge in [0, 0.05) is 58.5 Å². The van der Waals surface area contributed by atoms with Crippen LogP contribution >= 0.6 is 0 Å². The summed E-state index contributed by atoms with van der Waals surface area (Å²) >= 11 is 0. The number of carbonyl (C=O) groups excluding carboxylic acids is 1. The zero-order valence-electron chi connectivity index (χ0n) is 22.0. The number of esters is 1. The second-order valence-electron chi connectivity index (χ2n) is 11.3. The standard InChI is InChI=1S/C30H44N2O3/c1-22-19-28-27(13-12-24(3)30(28,34)20-29(22)35-25(4)33)23(2)21-32-17-15-31(16-18-32)14-8-11-26-9-6-5-7-10-26/h5-11,19,23-24,27-29,34H,12-18,20-21H2,1-4H3/b11-8+/t23?,24-,27+,28-,29-,30-/m1/s1. The molecule has 0 spiro atoms. The van der Waals surface area contributed by atoms with Crippen LogP contribution in [0.25, 0.3) is 6.08 Å². The third-order valence-corrected chi connectivity index (χ3v) is 8.81. The van der Waals surface area contributed by atoms with Gasteiger partial charge in [-0.05, 0) is 48.7 Å². The van der Waals surface area contributed by atoms with E-state index in [0.717, 1.165) is 57.7 Å². The molecule has 6 atom stereocenters. The van der Waals surface area contributed by atoms with Crippen molar-refractivity contribution in [2.75, 3.05) is 39.3 Å². The molecule has 1 aliphatic heterocycles. The summed E-state index contributed by atoms with van der Waals surface area (Å²) in [5, 5.41) is 11.8. The molecule has 2 fully saturated rings. The maximum Gasteiger partial charge on any atom is 0.303 e. The van der Waals surface area contributed by atoms with Crippen LogP contribution < -0.4 is 0 Å². The monoisotopic (exact) mass is 480 g/mol. The van der Waals surface area contributed by atoms with Gasteiger partial charge in [-0.15, -0.1) is 0 Å². The quantitative estimate of drug-likeness (QED) is 0.456. The smallest absolute Gasteiger partial charge is 0.303 e. The summed E-state index contributed by atoms with van der Waals surface area (Å²) in [4.78, 5) is 16.7. The number of carbonyl (C=O) groups is 1. The van der Waals surface area contributed by atoms with E-state index in [2.05, 4.69) is 79.1 Å². The van der Waals surface area contributed by atoms with Crippen LogP contribution in [0.4, 0.5) is 0 Å². The molecule has 5 heteroatoms. The Bertz CT molecular complexity index is 905. The van der Waals surface area contributed by atoms with Gasteiger partial charge in [-0.3, -0.25) is 9.69 Å². The average Bonchev–Trinajstić information content (AvgIpc) is 2.83. The number of ether oxygens (including phenoxy) is 1. The molecule has 1 heterocycles. The third-order valence-electron chi connectivity index (χ3n) is 8.81. The van der Waals surface area contributed by atoms with Gasteiger partial charge in [-0.25, -0.2) is 0 Å². The Kier molecular flexibility index (Phi) is 8.51. The van der Waals surface area contributed by atoms with Gasteiger partial charge in [0.2, 0.25) is 0 Å². The van der Waals surface area contributed by atoms with Gasteiger partial charge in [0.25, 0.3) is 0 Å². The number of nitrogens with zero attached hydrogens (tertiary/aromatic N) is 2. The summed E-state index contributed by atoms with van der Waals surface area (Å²) < 4.78 is 5.56. The van der Waals surface area contributed by atoms with Gasteiger partial charge >= 0.3 is 5.97 Å². The summed E-state index contributed by atoms with van der Waals surface area (Å²) in [6, 6.07) is 10.5. The van der Waals surface area contributed by atoms with Crippen LogP contribution in [0.15, 0.2) is 48.1 Å². The number of piperazine rings is 1. The number of rotatable bonds is 7. The molecular formula is C30H44N2O3. The molecule has 1 aromatic rings. The van der Waals surface area contributed by atoms with Crippen LogP contribution in [-0.4, -0.2) is 71.8 Å². The second-order valence-corrected chi connectivity index (χ2v) is 11.3. The van der Waals surface area contributed by atoms with E-state index in [0.29, 0.717) is 18.3 Å². The molecule has 1 aromatic carbocycles. The van der Waals surface area contributed by atoms with E-state index in [9.17, 15) is 9.90 Å². The lowest BCUT2D eigenvalue weighted by Gasteiger charge is -2.53. The Labute approximate surface area is 211 Å². The molecule has 0 amide bonds. The van der Waals surface area contributed by atoms with E-state index >= 15 is 0 Å². The van der Waals surface area contributed by atoms with E-state index < -0.39 is 5.60 Å². The summed E-state index contributed by atoms with van der Waals surface area (Å²) in [5.74, 6) is 1.05. The van der Waals surface area contributed by atoms with E-state index in [1.54, 1.807) is 0 Å². The first-order valence-corrected chi connectivity index (χ1v) is 13.5. The van der Waals surface area contributed by atoms with Crippen LogP contribution in [0.1, 0.15) is 52.5 Å². The highest BCUT2D eigenvalue weighted by Crippen LogP contribution is 2.51. The zero-order valence-corrected chi connectivity index (χ0v) is 22.0. The summed E-state index contributed by atoms with van der Waals surface area (Å²) in [7, 11) is 0. The molecular weight excluding hydrogens is 436 g/mol. The lowest BCUT2D eigenvalue weighted by atomic mass is 9.57. The number of hydrogen-bond acceptors (Lipinski definition) is 5. The first-order chi connectivity index (χ1) is 16.8. The van der Waals surface area contributed by atoms with E-state index in [1.165, 1.54) is 12.5 Å². The van der Waals surface area contributed by atoms with Crippen LogP contribution in [0, 0.1) is 23.7 Å². The van der Waals surface area contributed by atoms with Crippen molar-refractivity contribution >= 4 is 12.0 Å². The van der Waals surface area contributed by atoms with Crippen molar-refractivity contribution in [3.63, 3.8) is 0 Å². The molecule has 2 aliphatic carbocycles. The van der Waals surface area contributed by atoms with Crippen LogP contribution in [0.3, 0.4) is 0 Å². The molecule has 1 saturated heterocycles. The fourth-order valence-electron chi connectivity index (χ4n) is 6.60. The SMILES string of the molecule is CC(=O)O[C@@H]1C[C@@]2(O)[C@H](C)CC[C@@H](C(C)CN3CCN(C/C=C/c4ccccc4)CC3)[C@H]2C=C1C. The number of aliphatic hydroxyl groups is 1. The maximum absolute atomic E-state index is 11.8. The van der Waals surface area contributed by atoms with Crippen molar-refractivity contribution < 1.29 is 14.6 Å². The number of benzene rings is 1. The Balaban J connectivity index is 1.32. The largest absolute Gasteiger partial charge is 0.458 e. The first kappa shape index (κ1) is 26.1. The van der Waals surface area contributed by atoms with Gasteiger partial charge in [0.05, 0.1) is 5.60 Å². The summed E-state index contributed by atoms with van der Waals surface area (Å²) in [5.41, 5.74) is 1.56. The van der Waals surface area contributed by atoms with Gasteiger partial charge in [-0.2, -0.15) is 0 Å². The second kappa shape index (κ2) is 11.4. The van der Waals surface area contributed by atoms with E-state index in [4.69, 9.17) is 4.74 Å². The van der Waals surface area contributed by atoms with Crippen molar-refractivity contribution in [3.8, 4) is 0 Å². The fraction of sp³-hybridized carbons (Fsp3) is 0.633. The van der Waals surface area contributed by atoms with Gasteiger partial charge in [-0.1, -0.05) is 62.4 Å². The lowest BCUT2D eigenvalue weighted by molar-refractivity contribution is -0.159. The minimum absolute atomic E-state index is 0.137. The summed E-state index contributed by atoms with van der Waals surface area (Å²) in [6.07, 6.45) is 9.15. The Morgan fingerprint density at radius 2 is 1.86 bits per heavy atom. The number of fused-ring (bicyclic) bond motifs is 1. The Morgan fingerprint density at radius 1 is 1.17 bits per heavy atom. The fourth-order valence-corrected chi connectivity index (χ4v) is 6.60. The summed E-state index contributed by atoms with van der Waals surface area (Å²) in [6.45, 7) is 14.5. The molecule has 1 unspecified atom stereocenters. The first-order valence-electron chi connectivity index (χ1n) is 13.5. The molecule has 5 nitrogen and oxygen atoms in total. The zero-order chi connectivity index (χ0) is 25.0. The van der Waals surface area contributed by atoms with Crippen LogP contribution in [-0.2, 0) is 9.53 Å². The van der Waals surface area contributed by atoms with Gasteiger partial charge < -0.3 is 14.7 Å². The van der Waals surface area contributed by atoms with Crippen molar-refractivity contribution in [2.24, 2.45) is 23.7 Å².